The van der Waals surface area contributed by atoms with Crippen molar-refractivity contribution >= 4 is 23.2 Å². The lowest BCUT2D eigenvalue weighted by Gasteiger charge is -2.20. The number of hydrogen-bond donors (Lipinski definition) is 1. The summed E-state index contributed by atoms with van der Waals surface area (Å²) in [6, 6.07) is 7.16. The molecular weight excluding hydrogens is 200 g/mol. The molecule has 1 amide bonds. The van der Waals surface area contributed by atoms with E-state index in [9.17, 15) is 4.79 Å². The van der Waals surface area contributed by atoms with Gasteiger partial charge in [-0.25, -0.2) is 0 Å². The topological polar surface area (TPSA) is 46.3 Å². The molecule has 0 aliphatic rings. The minimum absolute atomic E-state index is 0.0299. The van der Waals surface area contributed by atoms with Crippen LogP contribution >= 0.6 is 11.6 Å². The van der Waals surface area contributed by atoms with Crippen LogP contribution < -0.4 is 10.6 Å². The van der Waals surface area contributed by atoms with Gasteiger partial charge in [0, 0.05) is 30.7 Å². The molecule has 0 unspecified atom stereocenters. The van der Waals surface area contributed by atoms with E-state index in [1.165, 1.54) is 6.92 Å². The van der Waals surface area contributed by atoms with E-state index in [1.807, 2.05) is 12.1 Å². The van der Waals surface area contributed by atoms with Crippen molar-refractivity contribution in [2.45, 2.75) is 6.92 Å². The van der Waals surface area contributed by atoms with Crippen molar-refractivity contribution in [2.75, 3.05) is 18.0 Å². The van der Waals surface area contributed by atoms with E-state index in [-0.39, 0.29) is 5.91 Å². The van der Waals surface area contributed by atoms with Crippen LogP contribution in [0.1, 0.15) is 6.92 Å². The molecule has 0 aliphatic carbocycles. The molecule has 0 heterocycles. The third kappa shape index (κ3) is 2.72. The van der Waals surface area contributed by atoms with Crippen molar-refractivity contribution in [3.8, 4) is 0 Å². The smallest absolute Gasteiger partial charge is 0.223 e. The Morgan fingerprint density at radius 3 is 2.79 bits per heavy atom. The van der Waals surface area contributed by atoms with Gasteiger partial charge in [0.25, 0.3) is 0 Å². The molecule has 0 bridgehead atoms. The highest BCUT2D eigenvalue weighted by atomic mass is 35.5. The van der Waals surface area contributed by atoms with Gasteiger partial charge in [0.2, 0.25) is 5.91 Å². The van der Waals surface area contributed by atoms with E-state index < -0.39 is 0 Å². The summed E-state index contributed by atoms with van der Waals surface area (Å²) < 4.78 is 0. The molecule has 0 saturated carbocycles. The summed E-state index contributed by atoms with van der Waals surface area (Å²) in [4.78, 5) is 12.9. The zero-order valence-corrected chi connectivity index (χ0v) is 8.79. The normalized spacial score (nSPS) is 9.93. The molecule has 3 nitrogen and oxygen atoms in total. The number of halogens is 1. The van der Waals surface area contributed by atoms with Crippen LogP contribution in [0.25, 0.3) is 0 Å². The molecule has 0 aromatic heterocycles. The van der Waals surface area contributed by atoms with Crippen molar-refractivity contribution in [2.24, 2.45) is 5.73 Å². The molecule has 76 valence electrons. The molecule has 0 saturated heterocycles. The first-order chi connectivity index (χ1) is 6.65. The van der Waals surface area contributed by atoms with E-state index in [0.29, 0.717) is 18.1 Å². The molecule has 0 radical (unpaired) electrons. The summed E-state index contributed by atoms with van der Waals surface area (Å²) in [6.07, 6.45) is 0. The fourth-order valence-electron chi connectivity index (χ4n) is 1.24. The highest BCUT2D eigenvalue weighted by molar-refractivity contribution is 6.30. The second-order valence-corrected chi connectivity index (χ2v) is 3.38. The van der Waals surface area contributed by atoms with Crippen LogP contribution in [0.3, 0.4) is 0 Å². The summed E-state index contributed by atoms with van der Waals surface area (Å²) in [5, 5.41) is 0.616. The number of benzene rings is 1. The molecule has 0 aliphatic heterocycles. The molecule has 0 fully saturated rings. The molecule has 0 spiro atoms. The summed E-state index contributed by atoms with van der Waals surface area (Å²) in [5.74, 6) is -0.0299. The lowest BCUT2D eigenvalue weighted by Crippen LogP contribution is -2.33. The third-order valence-corrected chi connectivity index (χ3v) is 2.09. The average Bonchev–Trinajstić information content (AvgIpc) is 2.13. The molecule has 14 heavy (non-hydrogen) atoms. The predicted molar refractivity (Wildman–Crippen MR) is 58.5 cm³/mol. The maximum Gasteiger partial charge on any atom is 0.223 e. The Balaban J connectivity index is 2.93. The van der Waals surface area contributed by atoms with Crippen LogP contribution in [0.2, 0.25) is 5.02 Å². The van der Waals surface area contributed by atoms with Gasteiger partial charge in [-0.1, -0.05) is 17.7 Å². The third-order valence-electron chi connectivity index (χ3n) is 1.85. The van der Waals surface area contributed by atoms with Crippen LogP contribution in [-0.4, -0.2) is 19.0 Å². The summed E-state index contributed by atoms with van der Waals surface area (Å²) in [5.41, 5.74) is 6.20. The van der Waals surface area contributed by atoms with Gasteiger partial charge >= 0.3 is 0 Å². The SMILES string of the molecule is CC(=O)N(CCN)c1cccc(Cl)c1. The highest BCUT2D eigenvalue weighted by Crippen LogP contribution is 2.19. The zero-order valence-electron chi connectivity index (χ0n) is 8.03. The van der Waals surface area contributed by atoms with Gasteiger partial charge in [-0.3, -0.25) is 4.79 Å². The fraction of sp³-hybridized carbons (Fsp3) is 0.300. The van der Waals surface area contributed by atoms with E-state index in [2.05, 4.69) is 0 Å². The van der Waals surface area contributed by atoms with Crippen molar-refractivity contribution in [3.05, 3.63) is 29.3 Å². The number of nitrogens with zero attached hydrogens (tertiary/aromatic N) is 1. The van der Waals surface area contributed by atoms with Crippen molar-refractivity contribution in [3.63, 3.8) is 0 Å². The van der Waals surface area contributed by atoms with Crippen LogP contribution in [0, 0.1) is 0 Å². The Hall–Kier alpha value is -1.06. The molecule has 0 atom stereocenters. The van der Waals surface area contributed by atoms with Crippen LogP contribution in [0.15, 0.2) is 24.3 Å². The summed E-state index contributed by atoms with van der Waals surface area (Å²) in [7, 11) is 0. The van der Waals surface area contributed by atoms with Gasteiger partial charge in [0.05, 0.1) is 0 Å². The molecule has 2 N–H and O–H groups in total. The zero-order chi connectivity index (χ0) is 10.6. The minimum atomic E-state index is -0.0299. The van der Waals surface area contributed by atoms with Crippen molar-refractivity contribution < 1.29 is 4.79 Å². The number of nitrogens with two attached hydrogens (primary N) is 1. The minimum Gasteiger partial charge on any atom is -0.329 e. The van der Waals surface area contributed by atoms with Gasteiger partial charge in [-0.05, 0) is 18.2 Å². The number of carbonyl (C=O) groups is 1. The van der Waals surface area contributed by atoms with Crippen LogP contribution in [-0.2, 0) is 4.79 Å². The van der Waals surface area contributed by atoms with Crippen molar-refractivity contribution in [1.82, 2.24) is 0 Å². The number of amides is 1. The van der Waals surface area contributed by atoms with Crippen molar-refractivity contribution in [1.29, 1.82) is 0 Å². The van der Waals surface area contributed by atoms with Crippen LogP contribution in [0.4, 0.5) is 5.69 Å². The van der Waals surface area contributed by atoms with Gasteiger partial charge in [0.1, 0.15) is 0 Å². The maximum absolute atomic E-state index is 11.3. The van der Waals surface area contributed by atoms with E-state index in [1.54, 1.807) is 17.0 Å². The van der Waals surface area contributed by atoms with E-state index in [4.69, 9.17) is 17.3 Å². The maximum atomic E-state index is 11.3. The number of hydrogen-bond acceptors (Lipinski definition) is 2. The van der Waals surface area contributed by atoms with Gasteiger partial charge < -0.3 is 10.6 Å². The standard InChI is InChI=1S/C10H13ClN2O/c1-8(14)13(6-5-12)10-4-2-3-9(11)7-10/h2-4,7H,5-6,12H2,1H3. The van der Waals surface area contributed by atoms with Crippen LogP contribution in [0.5, 0.6) is 0 Å². The average molecular weight is 213 g/mol. The fourth-order valence-corrected chi connectivity index (χ4v) is 1.43. The molecule has 1 rings (SSSR count). The second kappa shape index (κ2) is 4.98. The van der Waals surface area contributed by atoms with Gasteiger partial charge in [0.15, 0.2) is 0 Å². The Morgan fingerprint density at radius 2 is 2.29 bits per heavy atom. The molecule has 4 heteroatoms. The molecule has 1 aromatic carbocycles. The number of carbonyl (C=O) groups excluding carboxylic acids is 1. The van der Waals surface area contributed by atoms with E-state index in [0.717, 1.165) is 5.69 Å². The number of anilines is 1. The Labute approximate surface area is 88.5 Å². The lowest BCUT2D eigenvalue weighted by molar-refractivity contribution is -0.116. The monoisotopic (exact) mass is 212 g/mol. The Kier molecular flexibility index (Phi) is 3.92. The summed E-state index contributed by atoms with van der Waals surface area (Å²) >= 11 is 5.82. The largest absolute Gasteiger partial charge is 0.329 e. The first-order valence-electron chi connectivity index (χ1n) is 4.39. The summed E-state index contributed by atoms with van der Waals surface area (Å²) in [6.45, 7) is 2.46. The number of rotatable bonds is 3. The first kappa shape index (κ1) is 11.0. The lowest BCUT2D eigenvalue weighted by atomic mass is 10.3. The Morgan fingerprint density at radius 1 is 1.57 bits per heavy atom. The predicted octanol–water partition coefficient (Wildman–Crippen LogP) is 1.65. The molecular formula is C10H13ClN2O. The Bertz CT molecular complexity index is 328. The first-order valence-corrected chi connectivity index (χ1v) is 4.76. The quantitative estimate of drug-likeness (QED) is 0.828. The van der Waals surface area contributed by atoms with Gasteiger partial charge in [-0.2, -0.15) is 0 Å². The second-order valence-electron chi connectivity index (χ2n) is 2.94. The molecule has 1 aromatic rings. The highest BCUT2D eigenvalue weighted by Gasteiger charge is 2.09. The van der Waals surface area contributed by atoms with Gasteiger partial charge in [-0.15, -0.1) is 0 Å². The van der Waals surface area contributed by atoms with E-state index >= 15 is 0 Å².